The molecule has 3 aromatic rings. The Morgan fingerprint density at radius 3 is 2.80 bits per heavy atom. The van der Waals surface area contributed by atoms with E-state index < -0.39 is 10.0 Å². The maximum Gasteiger partial charge on any atom is 0.262 e. The Morgan fingerprint density at radius 2 is 2.03 bits per heavy atom. The van der Waals surface area contributed by atoms with Gasteiger partial charge in [0, 0.05) is 30.4 Å². The zero-order chi connectivity index (χ0) is 21.1. The molecule has 1 aliphatic rings. The van der Waals surface area contributed by atoms with Gasteiger partial charge in [0.15, 0.2) is 6.61 Å². The highest BCUT2D eigenvalue weighted by Crippen LogP contribution is 2.25. The minimum Gasteiger partial charge on any atom is -0.483 e. The van der Waals surface area contributed by atoms with Crippen molar-refractivity contribution in [1.82, 2.24) is 8.68 Å². The molecule has 2 aromatic carbocycles. The van der Waals surface area contributed by atoms with Crippen LogP contribution in [0.25, 0.3) is 10.1 Å². The van der Waals surface area contributed by atoms with E-state index in [2.05, 4.69) is 9.69 Å². The number of carbonyl (C=O) groups is 1. The molecule has 30 heavy (non-hydrogen) atoms. The predicted octanol–water partition coefficient (Wildman–Crippen LogP) is 2.64. The summed E-state index contributed by atoms with van der Waals surface area (Å²) in [4.78, 5) is 12.4. The number of morpholine rings is 1. The quantitative estimate of drug-likeness (QED) is 0.624. The molecule has 1 aliphatic heterocycles. The molecule has 1 saturated heterocycles. The molecule has 0 spiro atoms. The maximum atomic E-state index is 12.8. The van der Waals surface area contributed by atoms with Crippen LogP contribution in [-0.4, -0.2) is 55.9 Å². The van der Waals surface area contributed by atoms with Crippen LogP contribution in [0.3, 0.4) is 0 Å². The van der Waals surface area contributed by atoms with E-state index in [1.807, 2.05) is 18.2 Å². The van der Waals surface area contributed by atoms with Gasteiger partial charge in [-0.3, -0.25) is 4.79 Å². The van der Waals surface area contributed by atoms with Crippen LogP contribution < -0.4 is 10.1 Å². The largest absolute Gasteiger partial charge is 0.483 e. The number of aromatic nitrogens is 1. The molecule has 0 aliphatic carbocycles. The second-order valence-electron chi connectivity index (χ2n) is 6.86. The summed E-state index contributed by atoms with van der Waals surface area (Å²) < 4.78 is 42.9. The molecule has 1 amide bonds. The van der Waals surface area contributed by atoms with Gasteiger partial charge in [0.1, 0.15) is 5.75 Å². The number of aryl methyl sites for hydroxylation is 1. The molecule has 10 heteroatoms. The molecule has 4 rings (SSSR count). The van der Waals surface area contributed by atoms with E-state index in [1.54, 1.807) is 25.3 Å². The Hall–Kier alpha value is -2.53. The smallest absolute Gasteiger partial charge is 0.262 e. The Kier molecular flexibility index (Phi) is 6.00. The van der Waals surface area contributed by atoms with Crippen molar-refractivity contribution in [2.45, 2.75) is 11.8 Å². The zero-order valence-electron chi connectivity index (χ0n) is 16.3. The standard InChI is InChI=1S/C20H21N3O5S2/c1-14-10-17(30(25,26)23-6-8-27-9-7-23)3-4-18(14)28-13-20(24)22-16-2-5-19-15(11-16)12-21-29-19/h2-5,10-12H,6-9,13H2,1H3,(H,22,24). The Bertz CT molecular complexity index is 1170. The topological polar surface area (TPSA) is 97.8 Å². The number of sulfonamides is 1. The summed E-state index contributed by atoms with van der Waals surface area (Å²) in [5.74, 6) is 0.158. The number of benzene rings is 2. The van der Waals surface area contributed by atoms with E-state index in [0.717, 1.165) is 10.1 Å². The van der Waals surface area contributed by atoms with Crippen molar-refractivity contribution >= 4 is 43.2 Å². The minimum absolute atomic E-state index is 0.184. The predicted molar refractivity (Wildman–Crippen MR) is 115 cm³/mol. The summed E-state index contributed by atoms with van der Waals surface area (Å²) in [6.45, 7) is 3.04. The van der Waals surface area contributed by atoms with Gasteiger partial charge in [0.2, 0.25) is 10.0 Å². The number of ether oxygens (including phenoxy) is 2. The van der Waals surface area contributed by atoms with Crippen molar-refractivity contribution in [2.24, 2.45) is 0 Å². The highest BCUT2D eigenvalue weighted by Gasteiger charge is 2.26. The molecule has 0 saturated carbocycles. The number of nitrogens with zero attached hydrogens (tertiary/aromatic N) is 2. The summed E-state index contributed by atoms with van der Waals surface area (Å²) in [6, 6.07) is 10.2. The third-order valence-electron chi connectivity index (χ3n) is 4.75. The molecule has 1 fully saturated rings. The van der Waals surface area contributed by atoms with Crippen LogP contribution >= 0.6 is 11.5 Å². The maximum absolute atomic E-state index is 12.8. The van der Waals surface area contributed by atoms with Gasteiger partial charge in [-0.1, -0.05) is 0 Å². The number of hydrogen-bond donors (Lipinski definition) is 1. The van der Waals surface area contributed by atoms with E-state index >= 15 is 0 Å². The second-order valence-corrected chi connectivity index (χ2v) is 9.63. The molecule has 0 atom stereocenters. The van der Waals surface area contributed by atoms with Crippen molar-refractivity contribution in [3.8, 4) is 5.75 Å². The van der Waals surface area contributed by atoms with Gasteiger partial charge in [0.25, 0.3) is 5.91 Å². The number of hydrogen-bond acceptors (Lipinski definition) is 7. The highest BCUT2D eigenvalue weighted by molar-refractivity contribution is 7.89. The van der Waals surface area contributed by atoms with Crippen molar-refractivity contribution in [3.63, 3.8) is 0 Å². The molecule has 0 radical (unpaired) electrons. The molecule has 1 N–H and O–H groups in total. The van der Waals surface area contributed by atoms with E-state index in [9.17, 15) is 13.2 Å². The average molecular weight is 448 g/mol. The highest BCUT2D eigenvalue weighted by atomic mass is 32.2. The van der Waals surface area contributed by atoms with Crippen molar-refractivity contribution < 1.29 is 22.7 Å². The van der Waals surface area contributed by atoms with Crippen LogP contribution in [0.1, 0.15) is 5.56 Å². The third-order valence-corrected chi connectivity index (χ3v) is 7.42. The van der Waals surface area contributed by atoms with E-state index in [4.69, 9.17) is 9.47 Å². The van der Waals surface area contributed by atoms with E-state index in [0.29, 0.717) is 43.3 Å². The number of anilines is 1. The first-order chi connectivity index (χ1) is 14.4. The Labute approximate surface area is 178 Å². The molecule has 2 heterocycles. The van der Waals surface area contributed by atoms with Gasteiger partial charge in [-0.2, -0.15) is 8.68 Å². The molecule has 1 aromatic heterocycles. The fraction of sp³-hybridized carbons (Fsp3) is 0.300. The van der Waals surface area contributed by atoms with Crippen molar-refractivity contribution in [3.05, 3.63) is 48.2 Å². The fourth-order valence-corrected chi connectivity index (χ4v) is 5.29. The lowest BCUT2D eigenvalue weighted by Crippen LogP contribution is -2.40. The van der Waals surface area contributed by atoms with E-state index in [-0.39, 0.29) is 17.4 Å². The van der Waals surface area contributed by atoms with Gasteiger partial charge in [0.05, 0.1) is 22.8 Å². The molecule has 0 bridgehead atoms. The van der Waals surface area contributed by atoms with Crippen molar-refractivity contribution in [1.29, 1.82) is 0 Å². The zero-order valence-corrected chi connectivity index (χ0v) is 18.0. The van der Waals surface area contributed by atoms with Crippen LogP contribution in [0.4, 0.5) is 5.69 Å². The first-order valence-electron chi connectivity index (χ1n) is 9.39. The van der Waals surface area contributed by atoms with Crippen LogP contribution in [-0.2, 0) is 19.6 Å². The van der Waals surface area contributed by atoms with Crippen LogP contribution in [0.5, 0.6) is 5.75 Å². The normalized spacial score (nSPS) is 15.2. The lowest BCUT2D eigenvalue weighted by Gasteiger charge is -2.26. The fourth-order valence-electron chi connectivity index (χ4n) is 3.17. The Balaban J connectivity index is 1.39. The van der Waals surface area contributed by atoms with E-state index in [1.165, 1.54) is 21.9 Å². The lowest BCUT2D eigenvalue weighted by molar-refractivity contribution is -0.118. The number of rotatable bonds is 6. The van der Waals surface area contributed by atoms with Crippen LogP contribution in [0.2, 0.25) is 0 Å². The van der Waals surface area contributed by atoms with Gasteiger partial charge in [-0.15, -0.1) is 0 Å². The van der Waals surface area contributed by atoms with Gasteiger partial charge in [-0.25, -0.2) is 8.42 Å². The number of carbonyl (C=O) groups excluding carboxylic acids is 1. The molecule has 8 nitrogen and oxygen atoms in total. The first kappa shape index (κ1) is 20.7. The van der Waals surface area contributed by atoms with Crippen molar-refractivity contribution in [2.75, 3.05) is 38.2 Å². The monoisotopic (exact) mass is 447 g/mol. The summed E-state index contributed by atoms with van der Waals surface area (Å²) in [5.41, 5.74) is 1.31. The number of nitrogens with one attached hydrogen (secondary N) is 1. The first-order valence-corrected chi connectivity index (χ1v) is 11.6. The molecular formula is C20H21N3O5S2. The van der Waals surface area contributed by atoms with Gasteiger partial charge < -0.3 is 14.8 Å². The Morgan fingerprint density at radius 1 is 1.23 bits per heavy atom. The minimum atomic E-state index is -3.57. The number of fused-ring (bicyclic) bond motifs is 1. The molecular weight excluding hydrogens is 426 g/mol. The SMILES string of the molecule is Cc1cc(S(=O)(=O)N2CCOCC2)ccc1OCC(=O)Nc1ccc2sncc2c1. The summed E-state index contributed by atoms with van der Waals surface area (Å²) >= 11 is 1.40. The van der Waals surface area contributed by atoms with Gasteiger partial charge in [-0.05, 0) is 60.4 Å². The third kappa shape index (κ3) is 4.46. The van der Waals surface area contributed by atoms with Crippen LogP contribution in [0, 0.1) is 6.92 Å². The summed E-state index contributed by atoms with van der Waals surface area (Å²) in [7, 11) is -3.57. The molecule has 0 unspecified atom stereocenters. The summed E-state index contributed by atoms with van der Waals surface area (Å²) in [5, 5.41) is 3.76. The second kappa shape index (κ2) is 8.68. The lowest BCUT2D eigenvalue weighted by atomic mass is 10.2. The van der Waals surface area contributed by atoms with Crippen LogP contribution in [0.15, 0.2) is 47.5 Å². The average Bonchev–Trinajstić information content (AvgIpc) is 3.21. The van der Waals surface area contributed by atoms with Gasteiger partial charge >= 0.3 is 0 Å². The summed E-state index contributed by atoms with van der Waals surface area (Å²) in [6.07, 6.45) is 1.75. The number of amides is 1. The molecule has 158 valence electrons.